The predicted octanol–water partition coefficient (Wildman–Crippen LogP) is 1.38. The molecule has 1 aromatic rings. The predicted molar refractivity (Wildman–Crippen MR) is 69.7 cm³/mol. The normalized spacial score (nSPS) is 18.8. The number of aryl methyl sites for hydroxylation is 2. The van der Waals surface area contributed by atoms with E-state index >= 15 is 0 Å². The number of nitrogens with two attached hydrogens (primary N) is 1. The van der Waals surface area contributed by atoms with Gasteiger partial charge in [0.15, 0.2) is 0 Å². The maximum atomic E-state index is 5.71. The summed E-state index contributed by atoms with van der Waals surface area (Å²) in [5.41, 5.74) is 8.26. The largest absolute Gasteiger partial charge is 0.330 e. The van der Waals surface area contributed by atoms with Crippen molar-refractivity contribution >= 4 is 0 Å². The van der Waals surface area contributed by atoms with Crippen molar-refractivity contribution in [2.24, 2.45) is 11.7 Å². The van der Waals surface area contributed by atoms with Crippen LogP contribution in [0, 0.1) is 12.8 Å². The zero-order valence-corrected chi connectivity index (χ0v) is 11.0. The van der Waals surface area contributed by atoms with E-state index in [4.69, 9.17) is 5.73 Å². The lowest BCUT2D eigenvalue weighted by atomic mass is 9.97. The zero-order valence-electron chi connectivity index (χ0n) is 11.0. The smallest absolute Gasteiger partial charge is 0.0638 e. The number of aromatic nitrogens is 2. The summed E-state index contributed by atoms with van der Waals surface area (Å²) in [7, 11) is 0. The van der Waals surface area contributed by atoms with Crippen LogP contribution in [0.15, 0.2) is 6.20 Å². The maximum Gasteiger partial charge on any atom is 0.0638 e. The van der Waals surface area contributed by atoms with Crippen LogP contribution in [0.25, 0.3) is 0 Å². The molecule has 96 valence electrons. The topological polar surface area (TPSA) is 47.1 Å². The van der Waals surface area contributed by atoms with Crippen molar-refractivity contribution in [1.82, 2.24) is 14.7 Å². The minimum Gasteiger partial charge on any atom is -0.330 e. The summed E-state index contributed by atoms with van der Waals surface area (Å²) in [5, 5.41) is 4.50. The zero-order chi connectivity index (χ0) is 12.3. The molecule has 2 heterocycles. The Labute approximate surface area is 104 Å². The quantitative estimate of drug-likeness (QED) is 0.859. The Morgan fingerprint density at radius 2 is 2.12 bits per heavy atom. The molecule has 0 unspecified atom stereocenters. The summed E-state index contributed by atoms with van der Waals surface area (Å²) in [6.45, 7) is 9.44. The Kier molecular flexibility index (Phi) is 4.18. The minimum absolute atomic E-state index is 0.741. The van der Waals surface area contributed by atoms with Crippen LogP contribution in [0.2, 0.25) is 0 Å². The molecule has 1 aliphatic rings. The summed E-state index contributed by atoms with van der Waals surface area (Å²) in [4.78, 5) is 2.52. The molecule has 1 saturated heterocycles. The molecule has 1 aromatic heterocycles. The standard InChI is InChI=1S/C13H24N4/c1-3-17-10-13(11(2)15-17)9-16-6-4-12(8-14)5-7-16/h10,12H,3-9,14H2,1-2H3. The van der Waals surface area contributed by atoms with E-state index in [1.54, 1.807) is 0 Å². The second kappa shape index (κ2) is 5.65. The first-order chi connectivity index (χ1) is 8.22. The third-order valence-electron chi connectivity index (χ3n) is 3.81. The third-order valence-corrected chi connectivity index (χ3v) is 3.81. The third kappa shape index (κ3) is 3.07. The van der Waals surface area contributed by atoms with Crippen molar-refractivity contribution in [3.05, 3.63) is 17.5 Å². The second-order valence-corrected chi connectivity index (χ2v) is 5.05. The van der Waals surface area contributed by atoms with Crippen LogP contribution in [0.1, 0.15) is 31.0 Å². The first kappa shape index (κ1) is 12.6. The van der Waals surface area contributed by atoms with E-state index in [1.165, 1.54) is 37.2 Å². The maximum absolute atomic E-state index is 5.71. The van der Waals surface area contributed by atoms with E-state index < -0.39 is 0 Å². The molecule has 4 nitrogen and oxygen atoms in total. The van der Waals surface area contributed by atoms with E-state index in [0.717, 1.165) is 25.6 Å². The Hall–Kier alpha value is -0.870. The van der Waals surface area contributed by atoms with Crippen molar-refractivity contribution in [3.8, 4) is 0 Å². The fourth-order valence-electron chi connectivity index (χ4n) is 2.50. The van der Waals surface area contributed by atoms with Crippen LogP contribution >= 0.6 is 0 Å². The molecule has 0 spiro atoms. The summed E-state index contributed by atoms with van der Waals surface area (Å²) in [5.74, 6) is 0.741. The molecular weight excluding hydrogens is 212 g/mol. The average molecular weight is 236 g/mol. The fourth-order valence-corrected chi connectivity index (χ4v) is 2.50. The number of piperidine rings is 1. The van der Waals surface area contributed by atoms with Gasteiger partial charge in [0.1, 0.15) is 0 Å². The molecule has 1 fully saturated rings. The molecule has 0 atom stereocenters. The molecule has 0 bridgehead atoms. The van der Waals surface area contributed by atoms with Gasteiger partial charge in [0.2, 0.25) is 0 Å². The van der Waals surface area contributed by atoms with E-state index in [2.05, 4.69) is 30.0 Å². The number of hydrogen-bond donors (Lipinski definition) is 1. The van der Waals surface area contributed by atoms with E-state index in [0.29, 0.717) is 0 Å². The van der Waals surface area contributed by atoms with Crippen LogP contribution < -0.4 is 5.73 Å². The van der Waals surface area contributed by atoms with Gasteiger partial charge in [-0.15, -0.1) is 0 Å². The molecule has 0 aliphatic carbocycles. The number of hydrogen-bond acceptors (Lipinski definition) is 3. The fraction of sp³-hybridized carbons (Fsp3) is 0.769. The van der Waals surface area contributed by atoms with Crippen molar-refractivity contribution in [3.63, 3.8) is 0 Å². The van der Waals surface area contributed by atoms with Gasteiger partial charge in [-0.3, -0.25) is 9.58 Å². The molecule has 0 saturated carbocycles. The molecule has 4 heteroatoms. The monoisotopic (exact) mass is 236 g/mol. The molecule has 1 aliphatic heterocycles. The molecule has 17 heavy (non-hydrogen) atoms. The van der Waals surface area contributed by atoms with Crippen LogP contribution in [0.3, 0.4) is 0 Å². The lowest BCUT2D eigenvalue weighted by Gasteiger charge is -2.31. The van der Waals surface area contributed by atoms with Gasteiger partial charge in [-0.25, -0.2) is 0 Å². The van der Waals surface area contributed by atoms with Gasteiger partial charge in [-0.05, 0) is 52.2 Å². The second-order valence-electron chi connectivity index (χ2n) is 5.05. The van der Waals surface area contributed by atoms with Crippen LogP contribution in [-0.4, -0.2) is 34.3 Å². The van der Waals surface area contributed by atoms with E-state index in [-0.39, 0.29) is 0 Å². The molecule has 0 amide bonds. The highest BCUT2D eigenvalue weighted by Gasteiger charge is 2.19. The lowest BCUT2D eigenvalue weighted by Crippen LogP contribution is -2.35. The van der Waals surface area contributed by atoms with Crippen molar-refractivity contribution in [1.29, 1.82) is 0 Å². The van der Waals surface area contributed by atoms with Crippen LogP contribution in [0.5, 0.6) is 0 Å². The summed E-state index contributed by atoms with van der Waals surface area (Å²) in [6.07, 6.45) is 4.68. The highest BCUT2D eigenvalue weighted by molar-refractivity contribution is 5.15. The molecule has 2 N–H and O–H groups in total. The first-order valence-corrected chi connectivity index (χ1v) is 6.68. The van der Waals surface area contributed by atoms with Gasteiger partial charge in [-0.2, -0.15) is 5.10 Å². The van der Waals surface area contributed by atoms with Crippen molar-refractivity contribution < 1.29 is 0 Å². The van der Waals surface area contributed by atoms with E-state index in [9.17, 15) is 0 Å². The van der Waals surface area contributed by atoms with Crippen molar-refractivity contribution in [2.45, 2.75) is 39.8 Å². The molecular formula is C13H24N4. The van der Waals surface area contributed by atoms with Gasteiger partial charge in [-0.1, -0.05) is 0 Å². The van der Waals surface area contributed by atoms with E-state index in [1.807, 2.05) is 4.68 Å². The highest BCUT2D eigenvalue weighted by Crippen LogP contribution is 2.18. The van der Waals surface area contributed by atoms with Gasteiger partial charge in [0.25, 0.3) is 0 Å². The first-order valence-electron chi connectivity index (χ1n) is 6.68. The minimum atomic E-state index is 0.741. The van der Waals surface area contributed by atoms with Gasteiger partial charge >= 0.3 is 0 Å². The SMILES string of the molecule is CCn1cc(CN2CCC(CN)CC2)c(C)n1. The summed E-state index contributed by atoms with van der Waals surface area (Å²) in [6, 6.07) is 0. The number of rotatable bonds is 4. The summed E-state index contributed by atoms with van der Waals surface area (Å²) >= 11 is 0. The Bertz CT molecular complexity index is 350. The van der Waals surface area contributed by atoms with Crippen LogP contribution in [-0.2, 0) is 13.1 Å². The number of nitrogens with zero attached hydrogens (tertiary/aromatic N) is 3. The van der Waals surface area contributed by atoms with Gasteiger partial charge in [0, 0.05) is 24.8 Å². The highest BCUT2D eigenvalue weighted by atomic mass is 15.3. The van der Waals surface area contributed by atoms with Gasteiger partial charge in [0.05, 0.1) is 5.69 Å². The summed E-state index contributed by atoms with van der Waals surface area (Å²) < 4.78 is 2.03. The Morgan fingerprint density at radius 3 is 2.65 bits per heavy atom. The molecule has 0 aromatic carbocycles. The van der Waals surface area contributed by atoms with Gasteiger partial charge < -0.3 is 5.73 Å². The van der Waals surface area contributed by atoms with Crippen LogP contribution in [0.4, 0.5) is 0 Å². The number of likely N-dealkylation sites (tertiary alicyclic amines) is 1. The average Bonchev–Trinajstić information content (AvgIpc) is 2.71. The van der Waals surface area contributed by atoms with Crippen molar-refractivity contribution in [2.75, 3.05) is 19.6 Å². The molecule has 2 rings (SSSR count). The molecule has 0 radical (unpaired) electrons. The Morgan fingerprint density at radius 1 is 1.41 bits per heavy atom. The Balaban J connectivity index is 1.90. The lowest BCUT2D eigenvalue weighted by molar-refractivity contribution is 0.180.